The van der Waals surface area contributed by atoms with Crippen LogP contribution in [0.4, 0.5) is 0 Å². The lowest BCUT2D eigenvalue weighted by Gasteiger charge is -2.28. The molecule has 0 bridgehead atoms. The topological polar surface area (TPSA) is 71.4 Å². The Balaban J connectivity index is 3.32. The summed E-state index contributed by atoms with van der Waals surface area (Å²) in [5.41, 5.74) is -2.09. The van der Waals surface area contributed by atoms with E-state index < -0.39 is 27.8 Å². The maximum atomic E-state index is 11.2. The number of carbonyl (C=O) groups is 3. The van der Waals surface area contributed by atoms with Crippen LogP contribution < -0.4 is 0 Å². The van der Waals surface area contributed by atoms with Crippen molar-refractivity contribution in [2.75, 3.05) is 0 Å². The molecule has 2 atom stereocenters. The molecule has 1 N–H and O–H groups in total. The molecule has 2 unspecified atom stereocenters. The summed E-state index contributed by atoms with van der Waals surface area (Å²) in [6.45, 7) is 0. The van der Waals surface area contributed by atoms with Crippen molar-refractivity contribution in [3.63, 3.8) is 0 Å². The van der Waals surface area contributed by atoms with Crippen LogP contribution in [0.15, 0.2) is 24.3 Å². The van der Waals surface area contributed by atoms with Gasteiger partial charge in [0.1, 0.15) is 0 Å². The number of rotatable bonds is 3. The average molecular weight is 249 g/mol. The van der Waals surface area contributed by atoms with Crippen molar-refractivity contribution in [3.8, 4) is 0 Å². The lowest BCUT2D eigenvalue weighted by atomic mass is 9.74. The predicted octanol–water partition coefficient (Wildman–Crippen LogP) is 1.33. The summed E-state index contributed by atoms with van der Waals surface area (Å²) in [7, 11) is 0. The molecule has 0 aliphatic heterocycles. The molecule has 6 heteroatoms. The van der Waals surface area contributed by atoms with Gasteiger partial charge in [0.15, 0.2) is 5.41 Å². The third-order valence-electron chi connectivity index (χ3n) is 2.19. The first-order valence-corrected chi connectivity index (χ1v) is 4.67. The minimum absolute atomic E-state index is 0.938. The second-order valence-electron chi connectivity index (χ2n) is 2.97. The summed E-state index contributed by atoms with van der Waals surface area (Å²) in [5.74, 6) is -2.77. The Hall–Kier alpha value is -1.13. The van der Waals surface area contributed by atoms with E-state index in [0.29, 0.717) is 0 Å². The first kappa shape index (κ1) is 11.9. The smallest absolute Gasteiger partial charge is 0.323 e. The number of hydrogen-bond acceptors (Lipinski definition) is 3. The molecule has 0 aromatic heterocycles. The minimum Gasteiger partial charge on any atom is -0.480 e. The van der Waals surface area contributed by atoms with Gasteiger partial charge in [-0.05, 0) is 23.2 Å². The molecule has 0 saturated heterocycles. The van der Waals surface area contributed by atoms with Crippen molar-refractivity contribution in [2.24, 2.45) is 11.3 Å². The molecule has 4 nitrogen and oxygen atoms in total. The van der Waals surface area contributed by atoms with Crippen LogP contribution in [-0.4, -0.2) is 21.6 Å². The molecule has 0 heterocycles. The first-order valence-electron chi connectivity index (χ1n) is 3.91. The van der Waals surface area contributed by atoms with E-state index in [2.05, 4.69) is 0 Å². The molecule has 0 aromatic rings. The van der Waals surface area contributed by atoms with Crippen LogP contribution in [0.3, 0.4) is 0 Å². The van der Waals surface area contributed by atoms with Crippen LogP contribution in [0, 0.1) is 11.3 Å². The van der Waals surface area contributed by atoms with Crippen molar-refractivity contribution in [1.29, 1.82) is 0 Å². The van der Waals surface area contributed by atoms with E-state index in [1.54, 1.807) is 0 Å². The summed E-state index contributed by atoms with van der Waals surface area (Å²) in [5, 5.41) is 6.90. The van der Waals surface area contributed by atoms with E-state index in [-0.39, 0.29) is 0 Å². The van der Waals surface area contributed by atoms with E-state index in [4.69, 9.17) is 28.3 Å². The Kier molecular flexibility index (Phi) is 3.31. The number of carboxylic acids is 1. The van der Waals surface area contributed by atoms with Crippen LogP contribution in [0.2, 0.25) is 0 Å². The van der Waals surface area contributed by atoms with Gasteiger partial charge < -0.3 is 5.11 Å². The van der Waals surface area contributed by atoms with E-state index in [0.717, 1.165) is 6.08 Å². The lowest BCUT2D eigenvalue weighted by molar-refractivity contribution is -0.153. The lowest BCUT2D eigenvalue weighted by Crippen LogP contribution is -2.44. The van der Waals surface area contributed by atoms with Crippen LogP contribution in [0.5, 0.6) is 0 Å². The van der Waals surface area contributed by atoms with Gasteiger partial charge >= 0.3 is 5.97 Å². The van der Waals surface area contributed by atoms with Gasteiger partial charge in [-0.25, -0.2) is 0 Å². The normalized spacial score (nSPS) is 28.8. The van der Waals surface area contributed by atoms with Crippen LogP contribution in [-0.2, 0) is 14.4 Å². The predicted molar refractivity (Wildman–Crippen MR) is 53.6 cm³/mol. The molecule has 0 radical (unpaired) electrons. The minimum atomic E-state index is -2.09. The van der Waals surface area contributed by atoms with Crippen molar-refractivity contribution >= 4 is 39.7 Å². The summed E-state index contributed by atoms with van der Waals surface area (Å²) < 4.78 is 0. The number of aliphatic carboxylic acids is 1. The second kappa shape index (κ2) is 4.16. The SMILES string of the molecule is O=C(Cl)C1C=CC=CC1(C(=O)O)C(=O)Cl. The van der Waals surface area contributed by atoms with E-state index >= 15 is 0 Å². The number of carboxylic acid groups (broad SMARTS) is 1. The largest absolute Gasteiger partial charge is 0.480 e. The average Bonchev–Trinajstić information content (AvgIpc) is 2.16. The summed E-state index contributed by atoms with van der Waals surface area (Å²) in [6, 6.07) is 0. The number of halogens is 2. The van der Waals surface area contributed by atoms with Gasteiger partial charge in [0.25, 0.3) is 0 Å². The maximum absolute atomic E-state index is 11.2. The molecule has 80 valence electrons. The van der Waals surface area contributed by atoms with Gasteiger partial charge in [-0.1, -0.05) is 24.3 Å². The van der Waals surface area contributed by atoms with Gasteiger partial charge in [0.05, 0.1) is 5.92 Å². The zero-order chi connectivity index (χ0) is 11.6. The second-order valence-corrected chi connectivity index (χ2v) is 3.69. The van der Waals surface area contributed by atoms with Gasteiger partial charge in [-0.2, -0.15) is 0 Å². The zero-order valence-corrected chi connectivity index (χ0v) is 8.83. The molecule has 0 spiro atoms. The van der Waals surface area contributed by atoms with Crippen molar-refractivity contribution in [1.82, 2.24) is 0 Å². The number of carbonyl (C=O) groups excluding carboxylic acids is 2. The molecular weight excluding hydrogens is 243 g/mol. The number of allylic oxidation sites excluding steroid dienone is 3. The quantitative estimate of drug-likeness (QED) is 0.605. The van der Waals surface area contributed by atoms with Crippen LogP contribution >= 0.6 is 23.2 Å². The molecule has 0 saturated carbocycles. The fourth-order valence-corrected chi connectivity index (χ4v) is 1.88. The standard InChI is InChI=1S/C9H6Cl2O4/c10-6(12)5-3-1-2-4-9(5,7(11)13)8(14)15/h1-5H,(H,14,15). The molecule has 15 heavy (non-hydrogen) atoms. The molecule has 0 fully saturated rings. The Labute approximate surface area is 95.2 Å². The zero-order valence-electron chi connectivity index (χ0n) is 7.31. The highest BCUT2D eigenvalue weighted by molar-refractivity contribution is 6.69. The highest BCUT2D eigenvalue weighted by Gasteiger charge is 2.52. The Morgan fingerprint density at radius 3 is 2.13 bits per heavy atom. The van der Waals surface area contributed by atoms with Crippen molar-refractivity contribution in [3.05, 3.63) is 24.3 Å². The molecule has 0 amide bonds. The van der Waals surface area contributed by atoms with Gasteiger partial charge in [-0.15, -0.1) is 0 Å². The first-order chi connectivity index (χ1) is 6.93. The molecule has 1 aliphatic carbocycles. The molecule has 0 aromatic carbocycles. The highest BCUT2D eigenvalue weighted by atomic mass is 35.5. The summed E-state index contributed by atoms with van der Waals surface area (Å²) >= 11 is 10.5. The fraction of sp³-hybridized carbons (Fsp3) is 0.222. The number of hydrogen-bond donors (Lipinski definition) is 1. The fourth-order valence-electron chi connectivity index (χ4n) is 1.37. The molecular formula is C9H6Cl2O4. The van der Waals surface area contributed by atoms with Gasteiger partial charge in [0.2, 0.25) is 10.5 Å². The van der Waals surface area contributed by atoms with Gasteiger partial charge in [0, 0.05) is 0 Å². The van der Waals surface area contributed by atoms with E-state index in [1.807, 2.05) is 0 Å². The van der Waals surface area contributed by atoms with Crippen molar-refractivity contribution in [2.45, 2.75) is 0 Å². The molecule has 1 rings (SSSR count). The van der Waals surface area contributed by atoms with Crippen LogP contribution in [0.25, 0.3) is 0 Å². The molecule has 1 aliphatic rings. The van der Waals surface area contributed by atoms with Gasteiger partial charge in [-0.3, -0.25) is 14.4 Å². The highest BCUT2D eigenvalue weighted by Crippen LogP contribution is 2.37. The van der Waals surface area contributed by atoms with Crippen molar-refractivity contribution < 1.29 is 19.5 Å². The Morgan fingerprint density at radius 2 is 1.80 bits per heavy atom. The monoisotopic (exact) mass is 248 g/mol. The van der Waals surface area contributed by atoms with E-state index in [9.17, 15) is 14.4 Å². The summed E-state index contributed by atoms with van der Waals surface area (Å²) in [6.07, 6.45) is 5.08. The van der Waals surface area contributed by atoms with E-state index in [1.165, 1.54) is 18.2 Å². The maximum Gasteiger partial charge on any atom is 0.323 e. The Morgan fingerprint density at radius 1 is 1.20 bits per heavy atom. The Bertz CT molecular complexity index is 370. The third-order valence-corrected chi connectivity index (χ3v) is 2.74. The third kappa shape index (κ3) is 1.82. The summed E-state index contributed by atoms with van der Waals surface area (Å²) in [4.78, 5) is 33.2. The van der Waals surface area contributed by atoms with Crippen LogP contribution in [0.1, 0.15) is 0 Å².